The quantitative estimate of drug-likeness (QED) is 0.0268. The van der Waals surface area contributed by atoms with Crippen LogP contribution in [0, 0.1) is 5.92 Å². The van der Waals surface area contributed by atoms with Crippen molar-refractivity contribution < 1.29 is 47.9 Å². The van der Waals surface area contributed by atoms with E-state index in [0.717, 1.165) is 34.3 Å². The third kappa shape index (κ3) is 14.0. The number of nitrogens with two attached hydrogens (primary N) is 1. The number of nitrogens with zero attached hydrogens (tertiary/aromatic N) is 4. The first-order valence-corrected chi connectivity index (χ1v) is 26.8. The van der Waals surface area contributed by atoms with Crippen molar-refractivity contribution in [2.75, 3.05) is 87.4 Å². The van der Waals surface area contributed by atoms with Gasteiger partial charge < -0.3 is 62.1 Å². The lowest BCUT2D eigenvalue weighted by atomic mass is 9.95. The van der Waals surface area contributed by atoms with Crippen LogP contribution in [-0.4, -0.2) is 157 Å². The molecule has 22 nitrogen and oxygen atoms in total. The molecule has 416 valence electrons. The van der Waals surface area contributed by atoms with Gasteiger partial charge in [0, 0.05) is 129 Å². The number of aromatic amines is 1. The molecule has 79 heavy (non-hydrogen) atoms. The molecule has 0 bridgehead atoms. The Morgan fingerprint density at radius 3 is 2.20 bits per heavy atom. The summed E-state index contributed by atoms with van der Waals surface area (Å²) in [5.74, 6) is -2.65. The maximum atomic E-state index is 14.4. The highest BCUT2D eigenvalue weighted by atomic mass is 35.5. The summed E-state index contributed by atoms with van der Waals surface area (Å²) in [6.45, 7) is 7.21. The number of carbonyl (C=O) groups is 9. The maximum absolute atomic E-state index is 14.4. The molecular formula is C56H65ClN12O10. The number of likely N-dealkylation sites (N-methyl/N-ethyl adjacent to an activating group) is 1. The molecule has 4 heterocycles. The van der Waals surface area contributed by atoms with E-state index < -0.39 is 53.7 Å². The average Bonchev–Trinajstić information content (AvgIpc) is 4.36. The SMILES string of the molecule is CC(C)[C@H](NCCNC(=O)CCCN1C(=O)C=CC1=O)C(=O)N[C@@H](CCCNC(N)=O)C(=O)Nc1ccc(C(=O)Nc2ccc3[nH]c(C(=O)N4C[C@@H](CCl)c5c4cc(OC(=O)N4CCN(C)CC4)c4ccccc54)cc3c2)cc1. The van der Waals surface area contributed by atoms with Crippen LogP contribution in [0.4, 0.5) is 26.7 Å². The van der Waals surface area contributed by atoms with Gasteiger partial charge in [0.25, 0.3) is 23.6 Å². The summed E-state index contributed by atoms with van der Waals surface area (Å²) >= 11 is 6.56. The molecule has 1 aromatic heterocycles. The minimum absolute atomic E-state index is 0.0930. The van der Waals surface area contributed by atoms with Crippen molar-refractivity contribution in [3.63, 3.8) is 0 Å². The lowest BCUT2D eigenvalue weighted by molar-refractivity contribution is -0.137. The second-order valence-corrected chi connectivity index (χ2v) is 20.4. The largest absolute Gasteiger partial charge is 0.415 e. The van der Waals surface area contributed by atoms with Gasteiger partial charge in [-0.05, 0) is 91.7 Å². The van der Waals surface area contributed by atoms with Gasteiger partial charge in [-0.15, -0.1) is 11.6 Å². The molecule has 3 aliphatic rings. The Morgan fingerprint density at radius 1 is 0.797 bits per heavy atom. The lowest BCUT2D eigenvalue weighted by Crippen LogP contribution is -2.54. The number of aromatic nitrogens is 1. The van der Waals surface area contributed by atoms with Gasteiger partial charge in [-0.2, -0.15) is 0 Å². The molecule has 1 saturated heterocycles. The second-order valence-electron chi connectivity index (χ2n) is 20.1. The Kier molecular flexibility index (Phi) is 18.6. The molecule has 10 amide bonds. The van der Waals surface area contributed by atoms with E-state index in [4.69, 9.17) is 22.1 Å². The van der Waals surface area contributed by atoms with Gasteiger partial charge in [-0.3, -0.25) is 38.5 Å². The molecule has 23 heteroatoms. The molecule has 0 aliphatic carbocycles. The zero-order chi connectivity index (χ0) is 56.3. The molecule has 0 radical (unpaired) electrons. The van der Waals surface area contributed by atoms with Crippen LogP contribution in [0.1, 0.15) is 71.9 Å². The van der Waals surface area contributed by atoms with E-state index >= 15 is 0 Å². The maximum Gasteiger partial charge on any atom is 0.415 e. The van der Waals surface area contributed by atoms with E-state index in [2.05, 4.69) is 41.8 Å². The minimum atomic E-state index is -1.04. The number of ether oxygens (including phenoxy) is 1. The second kappa shape index (κ2) is 25.9. The van der Waals surface area contributed by atoms with E-state index in [9.17, 15) is 43.2 Å². The van der Waals surface area contributed by atoms with E-state index in [1.165, 1.54) is 24.3 Å². The third-order valence-corrected chi connectivity index (χ3v) is 14.5. The zero-order valence-corrected chi connectivity index (χ0v) is 45.0. The summed E-state index contributed by atoms with van der Waals surface area (Å²) in [5, 5.41) is 19.2. The summed E-state index contributed by atoms with van der Waals surface area (Å²) in [6, 6.07) is 20.0. The fourth-order valence-corrected chi connectivity index (χ4v) is 10.1. The van der Waals surface area contributed by atoms with Crippen LogP contribution in [0.15, 0.2) is 91.0 Å². The smallest absolute Gasteiger partial charge is 0.409 e. The number of hydrogen-bond acceptors (Lipinski definition) is 12. The number of benzene rings is 4. The van der Waals surface area contributed by atoms with Gasteiger partial charge >= 0.3 is 12.1 Å². The number of H-pyrrole nitrogens is 1. The number of halogens is 1. The van der Waals surface area contributed by atoms with Gasteiger partial charge in [0.1, 0.15) is 17.5 Å². The molecule has 1 fully saturated rings. The fourth-order valence-electron chi connectivity index (χ4n) is 9.82. The van der Waals surface area contributed by atoms with Gasteiger partial charge in [0.05, 0.1) is 11.7 Å². The Bertz CT molecular complexity index is 3160. The number of alkyl halides is 1. The Labute approximate surface area is 461 Å². The van der Waals surface area contributed by atoms with Crippen LogP contribution in [-0.2, 0) is 24.0 Å². The predicted molar refractivity (Wildman–Crippen MR) is 299 cm³/mol. The molecule has 0 unspecified atom stereocenters. The van der Waals surface area contributed by atoms with Crippen molar-refractivity contribution in [1.82, 2.24) is 41.0 Å². The highest BCUT2D eigenvalue weighted by Crippen LogP contribution is 2.46. The number of anilines is 3. The van der Waals surface area contributed by atoms with Gasteiger partial charge in [0.2, 0.25) is 17.7 Å². The monoisotopic (exact) mass is 1100 g/mol. The molecule has 3 aliphatic heterocycles. The zero-order valence-electron chi connectivity index (χ0n) is 44.2. The Morgan fingerprint density at radius 2 is 1.51 bits per heavy atom. The summed E-state index contributed by atoms with van der Waals surface area (Å²) in [7, 11) is 2.01. The Hall–Kier alpha value is -8.34. The number of fused-ring (bicyclic) bond motifs is 4. The van der Waals surface area contributed by atoms with E-state index in [1.807, 2.05) is 45.2 Å². The number of carbonyl (C=O) groups excluding carboxylic acids is 9. The highest BCUT2D eigenvalue weighted by Gasteiger charge is 2.37. The van der Waals surface area contributed by atoms with E-state index in [0.29, 0.717) is 71.9 Å². The van der Waals surface area contributed by atoms with Crippen molar-refractivity contribution in [3.8, 4) is 5.75 Å². The topological polar surface area (TPSA) is 290 Å². The first-order chi connectivity index (χ1) is 38.0. The molecular weight excluding hydrogens is 1040 g/mol. The molecule has 4 aromatic carbocycles. The Balaban J connectivity index is 0.871. The number of rotatable bonds is 22. The van der Waals surface area contributed by atoms with Crippen molar-refractivity contribution in [1.29, 1.82) is 0 Å². The standard InChI is InChI=1S/C56H65ClN12O10/c1-33(2)50(60-22-21-59-46(70)11-7-23-68-47(71)18-19-48(68)72)53(75)65-42(10-6-20-61-55(58)77)52(74)62-37-14-12-34(13-15-37)51(73)63-38-16-17-41-35(28-38)29-43(64-41)54(76)69-32-36(31-57)49-40-9-5-4-8-39(40)45(30-44(49)69)79-56(78)67-26-24-66(3)25-27-67/h4-5,8-9,12-19,28-30,33,36,42,50,60,64H,6-7,10-11,20-27,31-32H2,1-3H3,(H,59,70)(H,62,74)(H,63,73)(H,65,75)(H3,58,61,77)/t36-,42+,50+/m1/s1. The van der Waals surface area contributed by atoms with Crippen LogP contribution in [0.2, 0.25) is 0 Å². The number of piperazine rings is 1. The van der Waals surface area contributed by atoms with Gasteiger partial charge in [-0.1, -0.05) is 38.1 Å². The number of primary amides is 1. The van der Waals surface area contributed by atoms with E-state index in [1.54, 1.807) is 52.3 Å². The first-order valence-electron chi connectivity index (χ1n) is 26.3. The third-order valence-electron chi connectivity index (χ3n) is 14.1. The molecule has 0 saturated carbocycles. The summed E-state index contributed by atoms with van der Waals surface area (Å²) < 4.78 is 6.06. The fraction of sp³-hybridized carbons (Fsp3) is 0.375. The van der Waals surface area contributed by atoms with Crippen molar-refractivity contribution in [2.45, 2.75) is 57.5 Å². The summed E-state index contributed by atoms with van der Waals surface area (Å²) in [6.07, 6.45) is 2.75. The molecule has 8 rings (SSSR count). The van der Waals surface area contributed by atoms with Crippen molar-refractivity contribution >= 4 is 104 Å². The molecule has 5 aromatic rings. The van der Waals surface area contributed by atoms with Crippen molar-refractivity contribution in [3.05, 3.63) is 108 Å². The normalized spacial score (nSPS) is 16.0. The van der Waals surface area contributed by atoms with Crippen LogP contribution in [0.5, 0.6) is 5.75 Å². The van der Waals surface area contributed by atoms with Crippen LogP contribution < -0.4 is 47.3 Å². The number of hydrogen-bond donors (Lipinski definition) is 8. The van der Waals surface area contributed by atoms with E-state index in [-0.39, 0.29) is 74.1 Å². The number of imide groups is 1. The summed E-state index contributed by atoms with van der Waals surface area (Å²) in [4.78, 5) is 126. The molecule has 3 atom stereocenters. The van der Waals surface area contributed by atoms with Crippen LogP contribution >= 0.6 is 11.6 Å². The first kappa shape index (κ1) is 56.9. The van der Waals surface area contributed by atoms with Crippen LogP contribution in [0.3, 0.4) is 0 Å². The van der Waals surface area contributed by atoms with Crippen molar-refractivity contribution in [2.24, 2.45) is 11.7 Å². The number of urea groups is 1. The molecule has 9 N–H and O–H groups in total. The number of amides is 10. The highest BCUT2D eigenvalue weighted by molar-refractivity contribution is 6.19. The average molecular weight is 1100 g/mol. The predicted octanol–water partition coefficient (Wildman–Crippen LogP) is 4.61. The van der Waals surface area contributed by atoms with Crippen LogP contribution in [0.25, 0.3) is 21.7 Å². The summed E-state index contributed by atoms with van der Waals surface area (Å²) in [5.41, 5.74) is 8.80. The van der Waals surface area contributed by atoms with Gasteiger partial charge in [-0.25, -0.2) is 9.59 Å². The number of nitrogens with one attached hydrogen (secondary N) is 7. The lowest BCUT2D eigenvalue weighted by Gasteiger charge is -2.31. The minimum Gasteiger partial charge on any atom is -0.409 e. The van der Waals surface area contributed by atoms with Gasteiger partial charge in [0.15, 0.2) is 0 Å². The molecule has 0 spiro atoms.